The van der Waals surface area contributed by atoms with Crippen LogP contribution in [0.15, 0.2) is 24.3 Å². The molecule has 0 aliphatic heterocycles. The van der Waals surface area contributed by atoms with E-state index in [-0.39, 0.29) is 11.2 Å². The van der Waals surface area contributed by atoms with Crippen molar-refractivity contribution in [3.8, 4) is 0 Å². The molecule has 0 heterocycles. The maximum Gasteiger partial charge on any atom is 0.123 e. The number of rotatable bonds is 9. The Morgan fingerprint density at radius 2 is 2.05 bits per heavy atom. The first-order valence-electron chi connectivity index (χ1n) is 7.63. The highest BCUT2D eigenvalue weighted by Gasteiger charge is 2.23. The van der Waals surface area contributed by atoms with Gasteiger partial charge in [0.1, 0.15) is 5.82 Å². The number of nitrogens with one attached hydrogen (secondary N) is 1. The first-order chi connectivity index (χ1) is 9.49. The molecule has 0 saturated heterocycles. The minimum atomic E-state index is -0.154. The van der Waals surface area contributed by atoms with Gasteiger partial charge in [-0.2, -0.15) is 0 Å². The van der Waals surface area contributed by atoms with E-state index in [1.165, 1.54) is 12.5 Å². The first-order valence-corrected chi connectivity index (χ1v) is 7.63. The van der Waals surface area contributed by atoms with Gasteiger partial charge in [-0.25, -0.2) is 4.39 Å². The summed E-state index contributed by atoms with van der Waals surface area (Å²) in [6.07, 6.45) is 2.30. The monoisotopic (exact) mass is 280 g/mol. The van der Waals surface area contributed by atoms with Crippen LogP contribution in [0.4, 0.5) is 4.39 Å². The fraction of sp³-hybridized carbons (Fsp3) is 0.647. The highest BCUT2D eigenvalue weighted by atomic mass is 19.1. The van der Waals surface area contributed by atoms with Crippen molar-refractivity contribution in [1.82, 2.24) is 10.2 Å². The molecule has 0 saturated carbocycles. The molecule has 1 rings (SSSR count). The number of nitrogens with zero attached hydrogens (tertiary/aromatic N) is 1. The molecule has 3 heteroatoms. The third kappa shape index (κ3) is 6.02. The second-order valence-corrected chi connectivity index (χ2v) is 6.14. The summed E-state index contributed by atoms with van der Waals surface area (Å²) in [5.74, 6) is -0.154. The minimum Gasteiger partial charge on any atom is -0.316 e. The molecule has 0 amide bonds. The summed E-state index contributed by atoms with van der Waals surface area (Å²) in [5, 5.41) is 3.52. The Morgan fingerprint density at radius 3 is 2.65 bits per heavy atom. The summed E-state index contributed by atoms with van der Waals surface area (Å²) in [7, 11) is 2.11. The number of hydrogen-bond acceptors (Lipinski definition) is 2. The number of hydrogen-bond donors (Lipinski definition) is 1. The molecule has 2 nitrogen and oxygen atoms in total. The van der Waals surface area contributed by atoms with Crippen LogP contribution in [0.2, 0.25) is 0 Å². The molecule has 0 radical (unpaired) electrons. The first kappa shape index (κ1) is 17.1. The second-order valence-electron chi connectivity index (χ2n) is 6.14. The van der Waals surface area contributed by atoms with Gasteiger partial charge in [-0.15, -0.1) is 0 Å². The van der Waals surface area contributed by atoms with Crippen molar-refractivity contribution in [3.05, 3.63) is 35.6 Å². The zero-order valence-electron chi connectivity index (χ0n) is 13.4. The Kier molecular flexibility index (Phi) is 7.17. The summed E-state index contributed by atoms with van der Waals surface area (Å²) in [4.78, 5) is 2.28. The van der Waals surface area contributed by atoms with Gasteiger partial charge in [0.15, 0.2) is 0 Å². The van der Waals surface area contributed by atoms with Gasteiger partial charge >= 0.3 is 0 Å². The van der Waals surface area contributed by atoms with E-state index in [9.17, 15) is 4.39 Å². The molecule has 0 aromatic heterocycles. The quantitative estimate of drug-likeness (QED) is 0.694. The summed E-state index contributed by atoms with van der Waals surface area (Å²) >= 11 is 0. The lowest BCUT2D eigenvalue weighted by Gasteiger charge is -2.33. The van der Waals surface area contributed by atoms with E-state index in [0.29, 0.717) is 0 Å². The van der Waals surface area contributed by atoms with Crippen molar-refractivity contribution in [1.29, 1.82) is 0 Å². The highest BCUT2D eigenvalue weighted by Crippen LogP contribution is 2.22. The Hall–Kier alpha value is -0.930. The van der Waals surface area contributed by atoms with Crippen LogP contribution in [0.5, 0.6) is 0 Å². The van der Waals surface area contributed by atoms with Gasteiger partial charge < -0.3 is 10.2 Å². The van der Waals surface area contributed by atoms with Crippen LogP contribution < -0.4 is 5.32 Å². The van der Waals surface area contributed by atoms with Gasteiger partial charge in [0, 0.05) is 19.6 Å². The molecule has 1 aromatic rings. The molecule has 1 atom stereocenters. The zero-order chi connectivity index (χ0) is 15.0. The smallest absolute Gasteiger partial charge is 0.123 e. The normalized spacial score (nSPS) is 14.5. The van der Waals surface area contributed by atoms with Crippen LogP contribution in [-0.2, 0) is 6.54 Å². The Morgan fingerprint density at radius 1 is 1.30 bits per heavy atom. The van der Waals surface area contributed by atoms with E-state index < -0.39 is 0 Å². The molecule has 0 aliphatic carbocycles. The Balaban J connectivity index is 2.51. The standard InChI is InChI=1S/C17H29FN2/c1-5-10-19-13-17(3,6-2)14-20(4)12-15-8-7-9-16(18)11-15/h7-9,11,19H,5-6,10,12-14H2,1-4H3. The lowest BCUT2D eigenvalue weighted by molar-refractivity contribution is 0.175. The van der Waals surface area contributed by atoms with Gasteiger partial charge in [0.25, 0.3) is 0 Å². The van der Waals surface area contributed by atoms with E-state index in [2.05, 4.69) is 38.0 Å². The second kappa shape index (κ2) is 8.38. The molecule has 1 N–H and O–H groups in total. The van der Waals surface area contributed by atoms with Gasteiger partial charge in [0.2, 0.25) is 0 Å². The van der Waals surface area contributed by atoms with E-state index in [1.54, 1.807) is 12.1 Å². The van der Waals surface area contributed by atoms with Crippen molar-refractivity contribution in [2.75, 3.05) is 26.7 Å². The van der Waals surface area contributed by atoms with E-state index >= 15 is 0 Å². The fourth-order valence-corrected chi connectivity index (χ4v) is 2.51. The largest absolute Gasteiger partial charge is 0.316 e. The molecule has 0 fully saturated rings. The van der Waals surface area contributed by atoms with Gasteiger partial charge in [0.05, 0.1) is 0 Å². The maximum atomic E-state index is 13.2. The summed E-state index contributed by atoms with van der Waals surface area (Å²) in [6, 6.07) is 6.88. The van der Waals surface area contributed by atoms with Crippen molar-refractivity contribution >= 4 is 0 Å². The minimum absolute atomic E-state index is 0.154. The van der Waals surface area contributed by atoms with Crippen molar-refractivity contribution < 1.29 is 4.39 Å². The molecule has 0 spiro atoms. The fourth-order valence-electron chi connectivity index (χ4n) is 2.51. The molecule has 114 valence electrons. The average molecular weight is 280 g/mol. The molecule has 0 aliphatic rings. The number of benzene rings is 1. The molecular weight excluding hydrogens is 251 g/mol. The number of halogens is 1. The van der Waals surface area contributed by atoms with Crippen molar-refractivity contribution in [2.45, 2.75) is 40.2 Å². The highest BCUT2D eigenvalue weighted by molar-refractivity contribution is 5.16. The van der Waals surface area contributed by atoms with Gasteiger partial charge in [-0.3, -0.25) is 0 Å². The van der Waals surface area contributed by atoms with Gasteiger partial charge in [-0.1, -0.05) is 32.9 Å². The predicted octanol–water partition coefficient (Wildman–Crippen LogP) is 3.67. The maximum absolute atomic E-state index is 13.2. The van der Waals surface area contributed by atoms with Crippen LogP contribution in [0.3, 0.4) is 0 Å². The molecule has 20 heavy (non-hydrogen) atoms. The third-order valence-electron chi connectivity index (χ3n) is 3.83. The van der Waals surface area contributed by atoms with Crippen LogP contribution in [0.1, 0.15) is 39.2 Å². The molecule has 0 bridgehead atoms. The van der Waals surface area contributed by atoms with Gasteiger partial charge in [-0.05, 0) is 49.5 Å². The summed E-state index contributed by atoms with van der Waals surface area (Å²) in [5.41, 5.74) is 1.30. The summed E-state index contributed by atoms with van der Waals surface area (Å²) < 4.78 is 13.2. The SMILES string of the molecule is CCCNCC(C)(CC)CN(C)Cc1cccc(F)c1. The molecule has 1 aromatic carbocycles. The average Bonchev–Trinajstić information content (AvgIpc) is 2.38. The lowest BCUT2D eigenvalue weighted by atomic mass is 9.86. The zero-order valence-corrected chi connectivity index (χ0v) is 13.4. The molecular formula is C17H29FN2. The predicted molar refractivity (Wildman–Crippen MR) is 84.3 cm³/mol. The van der Waals surface area contributed by atoms with E-state index in [4.69, 9.17) is 0 Å². The topological polar surface area (TPSA) is 15.3 Å². The Bertz CT molecular complexity index is 394. The third-order valence-corrected chi connectivity index (χ3v) is 3.83. The Labute approximate surface area is 123 Å². The van der Waals surface area contributed by atoms with E-state index in [0.717, 1.165) is 38.2 Å². The lowest BCUT2D eigenvalue weighted by Crippen LogP contribution is -2.40. The van der Waals surface area contributed by atoms with Crippen molar-refractivity contribution in [2.24, 2.45) is 5.41 Å². The van der Waals surface area contributed by atoms with Crippen LogP contribution in [0.25, 0.3) is 0 Å². The van der Waals surface area contributed by atoms with Crippen LogP contribution >= 0.6 is 0 Å². The molecule has 1 unspecified atom stereocenters. The van der Waals surface area contributed by atoms with Crippen LogP contribution in [-0.4, -0.2) is 31.6 Å². The summed E-state index contributed by atoms with van der Waals surface area (Å²) in [6.45, 7) is 10.7. The van der Waals surface area contributed by atoms with Crippen molar-refractivity contribution in [3.63, 3.8) is 0 Å². The van der Waals surface area contributed by atoms with E-state index in [1.807, 2.05) is 6.07 Å². The van der Waals surface area contributed by atoms with Crippen LogP contribution in [0, 0.1) is 11.2 Å².